The van der Waals surface area contributed by atoms with Crippen LogP contribution in [0.3, 0.4) is 0 Å². The number of benzene rings is 1. The lowest BCUT2D eigenvalue weighted by molar-refractivity contribution is -0.137. The zero-order valence-electron chi connectivity index (χ0n) is 9.83. The number of ether oxygens (including phenoxy) is 1. The van der Waals surface area contributed by atoms with E-state index in [1.54, 1.807) is 0 Å². The van der Waals surface area contributed by atoms with Gasteiger partial charge in [0.15, 0.2) is 0 Å². The van der Waals surface area contributed by atoms with Gasteiger partial charge in [-0.05, 0) is 19.2 Å². The molecule has 0 atom stereocenters. The van der Waals surface area contributed by atoms with Crippen molar-refractivity contribution in [3.05, 3.63) is 30.3 Å². The lowest BCUT2D eigenvalue weighted by Gasteiger charge is -2.15. The number of aliphatic carboxylic acids is 1. The summed E-state index contributed by atoms with van der Waals surface area (Å²) in [5.74, 6) is 0.0740. The summed E-state index contributed by atoms with van der Waals surface area (Å²) in [5, 5.41) is 8.51. The topological polar surface area (TPSA) is 49.8 Å². The Labute approximate surface area is 108 Å². The fourth-order valence-electron chi connectivity index (χ4n) is 1.23. The Hall–Kier alpha value is -1.26. The van der Waals surface area contributed by atoms with Gasteiger partial charge in [-0.2, -0.15) is 0 Å². The van der Waals surface area contributed by atoms with Gasteiger partial charge >= 0.3 is 5.97 Å². The number of likely N-dealkylation sites (N-methyl/N-ethyl adjacent to an activating group) is 1. The van der Waals surface area contributed by atoms with Crippen LogP contribution < -0.4 is 4.74 Å². The second kappa shape index (κ2) is 8.84. The maximum absolute atomic E-state index is 10.3. The van der Waals surface area contributed by atoms with E-state index < -0.39 is 5.97 Å². The average Bonchev–Trinajstić information content (AvgIpc) is 2.28. The molecule has 5 heteroatoms. The second-order valence-electron chi connectivity index (χ2n) is 3.61. The molecular formula is C12H18ClNO3. The van der Waals surface area contributed by atoms with Gasteiger partial charge in [-0.15, -0.1) is 12.4 Å². The third-order valence-corrected chi connectivity index (χ3v) is 2.19. The van der Waals surface area contributed by atoms with Crippen LogP contribution in [0.5, 0.6) is 5.75 Å². The molecule has 0 fully saturated rings. The minimum absolute atomic E-state index is 0. The highest BCUT2D eigenvalue weighted by Gasteiger charge is 2.02. The summed E-state index contributed by atoms with van der Waals surface area (Å²) in [6, 6.07) is 9.58. The molecule has 4 nitrogen and oxygen atoms in total. The van der Waals surface area contributed by atoms with Crippen LogP contribution in [0, 0.1) is 0 Å². The van der Waals surface area contributed by atoms with Crippen molar-refractivity contribution in [3.63, 3.8) is 0 Å². The first-order valence-corrected chi connectivity index (χ1v) is 5.26. The lowest BCUT2D eigenvalue weighted by Crippen LogP contribution is -2.26. The lowest BCUT2D eigenvalue weighted by atomic mass is 10.3. The molecule has 0 unspecified atom stereocenters. The summed E-state index contributed by atoms with van der Waals surface area (Å²) in [6.07, 6.45) is 0.168. The summed E-state index contributed by atoms with van der Waals surface area (Å²) in [7, 11) is 1.89. The Morgan fingerprint density at radius 1 is 1.29 bits per heavy atom. The molecule has 0 saturated heterocycles. The van der Waals surface area contributed by atoms with Gasteiger partial charge < -0.3 is 14.7 Å². The summed E-state index contributed by atoms with van der Waals surface area (Å²) < 4.78 is 5.49. The van der Waals surface area contributed by atoms with Crippen LogP contribution in [0.1, 0.15) is 6.42 Å². The number of nitrogens with zero attached hydrogens (tertiary/aromatic N) is 1. The first-order valence-electron chi connectivity index (χ1n) is 5.26. The molecule has 1 aromatic rings. The quantitative estimate of drug-likeness (QED) is 0.813. The van der Waals surface area contributed by atoms with Crippen LogP contribution in [0.25, 0.3) is 0 Å². The smallest absolute Gasteiger partial charge is 0.304 e. The van der Waals surface area contributed by atoms with Crippen molar-refractivity contribution in [1.82, 2.24) is 4.90 Å². The first-order chi connectivity index (χ1) is 7.68. The van der Waals surface area contributed by atoms with Crippen LogP contribution in [-0.2, 0) is 4.79 Å². The molecule has 0 bridgehead atoms. The van der Waals surface area contributed by atoms with Crippen molar-refractivity contribution in [2.75, 3.05) is 26.7 Å². The summed E-state index contributed by atoms with van der Waals surface area (Å²) in [4.78, 5) is 12.3. The highest BCUT2D eigenvalue weighted by atomic mass is 35.5. The Bertz CT molecular complexity index is 319. The molecule has 0 spiro atoms. The molecule has 1 aromatic carbocycles. The van der Waals surface area contributed by atoms with Crippen LogP contribution in [0.2, 0.25) is 0 Å². The number of carboxylic acids is 1. The molecule has 0 aliphatic carbocycles. The van der Waals surface area contributed by atoms with Crippen molar-refractivity contribution in [2.24, 2.45) is 0 Å². The summed E-state index contributed by atoms with van der Waals surface area (Å²) >= 11 is 0. The minimum Gasteiger partial charge on any atom is -0.492 e. The zero-order chi connectivity index (χ0) is 11.8. The van der Waals surface area contributed by atoms with Crippen LogP contribution >= 0.6 is 12.4 Å². The van der Waals surface area contributed by atoms with E-state index in [1.807, 2.05) is 42.3 Å². The highest BCUT2D eigenvalue weighted by molar-refractivity contribution is 5.85. The summed E-state index contributed by atoms with van der Waals surface area (Å²) in [5.41, 5.74) is 0. The van der Waals surface area contributed by atoms with E-state index >= 15 is 0 Å². The number of hydrogen-bond donors (Lipinski definition) is 1. The van der Waals surface area contributed by atoms with Crippen LogP contribution in [0.4, 0.5) is 0 Å². The Morgan fingerprint density at radius 2 is 1.94 bits per heavy atom. The second-order valence-corrected chi connectivity index (χ2v) is 3.61. The van der Waals surface area contributed by atoms with Gasteiger partial charge in [-0.3, -0.25) is 4.79 Å². The van der Waals surface area contributed by atoms with Gasteiger partial charge in [0.25, 0.3) is 0 Å². The SMILES string of the molecule is CN(CCOc1ccccc1)CCC(=O)O.Cl. The number of carboxylic acid groups (broad SMARTS) is 1. The molecule has 0 aliphatic rings. The molecule has 0 amide bonds. The summed E-state index contributed by atoms with van der Waals surface area (Å²) in [6.45, 7) is 1.84. The third-order valence-electron chi connectivity index (χ3n) is 2.19. The zero-order valence-corrected chi connectivity index (χ0v) is 10.7. The molecule has 96 valence electrons. The van der Waals surface area contributed by atoms with E-state index in [2.05, 4.69) is 0 Å². The number of hydrogen-bond acceptors (Lipinski definition) is 3. The Morgan fingerprint density at radius 3 is 2.53 bits per heavy atom. The van der Waals surface area contributed by atoms with Crippen LogP contribution in [0.15, 0.2) is 30.3 Å². The minimum atomic E-state index is -0.768. The van der Waals surface area contributed by atoms with E-state index in [4.69, 9.17) is 9.84 Å². The van der Waals surface area contributed by atoms with Crippen molar-refractivity contribution >= 4 is 18.4 Å². The number of rotatable bonds is 7. The molecule has 0 saturated carbocycles. The van der Waals surface area contributed by atoms with E-state index in [1.165, 1.54) is 0 Å². The fraction of sp³-hybridized carbons (Fsp3) is 0.417. The van der Waals surface area contributed by atoms with Gasteiger partial charge in [-0.25, -0.2) is 0 Å². The maximum atomic E-state index is 10.3. The van der Waals surface area contributed by atoms with Gasteiger partial charge in [0.05, 0.1) is 6.42 Å². The predicted molar refractivity (Wildman–Crippen MR) is 68.9 cm³/mol. The average molecular weight is 260 g/mol. The van der Waals surface area contributed by atoms with Crippen LogP contribution in [-0.4, -0.2) is 42.7 Å². The van der Waals surface area contributed by atoms with Gasteiger partial charge in [0.2, 0.25) is 0 Å². The molecule has 1 rings (SSSR count). The molecule has 0 aliphatic heterocycles. The normalized spacial score (nSPS) is 9.76. The Kier molecular flexibility index (Phi) is 8.19. The van der Waals surface area contributed by atoms with E-state index in [0.717, 1.165) is 12.3 Å². The number of carbonyl (C=O) groups is 1. The van der Waals surface area contributed by atoms with Crippen molar-refractivity contribution in [2.45, 2.75) is 6.42 Å². The number of halogens is 1. The van der Waals surface area contributed by atoms with Gasteiger partial charge in [0, 0.05) is 13.1 Å². The van der Waals surface area contributed by atoms with E-state index in [9.17, 15) is 4.79 Å². The highest BCUT2D eigenvalue weighted by Crippen LogP contribution is 2.07. The van der Waals surface area contributed by atoms with Crippen molar-refractivity contribution in [3.8, 4) is 5.75 Å². The predicted octanol–water partition coefficient (Wildman–Crippen LogP) is 1.89. The maximum Gasteiger partial charge on any atom is 0.304 e. The molecule has 1 N–H and O–H groups in total. The molecule has 17 heavy (non-hydrogen) atoms. The van der Waals surface area contributed by atoms with E-state index in [-0.39, 0.29) is 18.8 Å². The van der Waals surface area contributed by atoms with E-state index in [0.29, 0.717) is 13.2 Å². The monoisotopic (exact) mass is 259 g/mol. The van der Waals surface area contributed by atoms with Crippen molar-refractivity contribution in [1.29, 1.82) is 0 Å². The molecule has 0 aromatic heterocycles. The molecular weight excluding hydrogens is 242 g/mol. The largest absolute Gasteiger partial charge is 0.492 e. The Balaban J connectivity index is 0.00000256. The van der Waals surface area contributed by atoms with Gasteiger partial charge in [0.1, 0.15) is 12.4 Å². The third kappa shape index (κ3) is 7.60. The fourth-order valence-corrected chi connectivity index (χ4v) is 1.23. The molecule has 0 heterocycles. The van der Waals surface area contributed by atoms with Crippen molar-refractivity contribution < 1.29 is 14.6 Å². The molecule has 0 radical (unpaired) electrons. The standard InChI is InChI=1S/C12H17NO3.ClH/c1-13(8-7-12(14)15)9-10-16-11-5-3-2-4-6-11;/h2-6H,7-10H2,1H3,(H,14,15);1H. The van der Waals surface area contributed by atoms with Gasteiger partial charge in [-0.1, -0.05) is 18.2 Å². The first kappa shape index (κ1) is 15.7. The number of para-hydroxylation sites is 1.